The first kappa shape index (κ1) is 22.8. The van der Waals surface area contributed by atoms with Crippen LogP contribution in [-0.4, -0.2) is 49.2 Å². The van der Waals surface area contributed by atoms with Crippen molar-refractivity contribution < 1.29 is 22.4 Å². The average molecular weight is 449 g/mol. The number of benzene rings is 1. The second-order valence-electron chi connectivity index (χ2n) is 7.29. The van der Waals surface area contributed by atoms with Crippen LogP contribution in [0, 0.1) is 11.7 Å². The zero-order valence-electron chi connectivity index (χ0n) is 17.0. The van der Waals surface area contributed by atoms with Crippen LogP contribution in [0.25, 0.3) is 0 Å². The number of carbonyl (C=O) groups is 2. The van der Waals surface area contributed by atoms with E-state index in [1.165, 1.54) is 16.4 Å². The Morgan fingerprint density at radius 2 is 1.90 bits per heavy atom. The molecule has 2 heterocycles. The maximum absolute atomic E-state index is 13.1. The molecule has 0 bridgehead atoms. The van der Waals surface area contributed by atoms with Crippen LogP contribution in [0.1, 0.15) is 25.0 Å². The molecule has 1 fully saturated rings. The predicted molar refractivity (Wildman–Crippen MR) is 112 cm³/mol. The maximum atomic E-state index is 13.1. The Morgan fingerprint density at radius 1 is 1.13 bits per heavy atom. The number of hydrogen-bond donors (Lipinski definition) is 2. The summed E-state index contributed by atoms with van der Waals surface area (Å²) in [6.45, 7) is 0.831. The van der Waals surface area contributed by atoms with Gasteiger partial charge < -0.3 is 10.6 Å². The highest BCUT2D eigenvalue weighted by molar-refractivity contribution is 7.89. The molecule has 1 atom stereocenters. The number of carbonyl (C=O) groups excluding carboxylic acids is 2. The summed E-state index contributed by atoms with van der Waals surface area (Å²) < 4.78 is 39.9. The number of piperidine rings is 1. The highest BCUT2D eigenvalue weighted by Gasteiger charge is 2.33. The lowest BCUT2D eigenvalue weighted by molar-refractivity contribution is -0.126. The Kier molecular flexibility index (Phi) is 7.69. The molecule has 1 aliphatic rings. The number of amides is 2. The van der Waals surface area contributed by atoms with Crippen LogP contribution < -0.4 is 10.6 Å². The summed E-state index contributed by atoms with van der Waals surface area (Å²) in [5.74, 6) is -1.51. The Balaban J connectivity index is 1.46. The van der Waals surface area contributed by atoms with Gasteiger partial charge in [0.05, 0.1) is 23.1 Å². The summed E-state index contributed by atoms with van der Waals surface area (Å²) in [5, 5.41) is 5.45. The molecule has 1 aromatic carbocycles. The summed E-state index contributed by atoms with van der Waals surface area (Å²) in [6, 6.07) is 10.1. The second-order valence-corrected chi connectivity index (χ2v) is 9.23. The first-order valence-electron chi connectivity index (χ1n) is 10.1. The van der Waals surface area contributed by atoms with Gasteiger partial charge in [-0.15, -0.1) is 0 Å². The van der Waals surface area contributed by atoms with Crippen LogP contribution in [0.15, 0.2) is 53.6 Å². The molecule has 2 aromatic rings. The molecule has 0 spiro atoms. The quantitative estimate of drug-likeness (QED) is 0.635. The molecule has 10 heteroatoms. The van der Waals surface area contributed by atoms with E-state index in [0.717, 1.165) is 17.8 Å². The fourth-order valence-corrected chi connectivity index (χ4v) is 4.88. The largest absolute Gasteiger partial charge is 0.355 e. The molecule has 1 aliphatic heterocycles. The summed E-state index contributed by atoms with van der Waals surface area (Å²) in [4.78, 5) is 28.5. The Bertz CT molecular complexity index is 1000. The Labute approximate surface area is 180 Å². The first-order valence-corrected chi connectivity index (χ1v) is 11.5. The van der Waals surface area contributed by atoms with Gasteiger partial charge in [0, 0.05) is 32.3 Å². The molecular formula is C21H25FN4O4S. The minimum Gasteiger partial charge on any atom is -0.355 e. The zero-order chi connectivity index (χ0) is 22.3. The second kappa shape index (κ2) is 10.5. The topological polar surface area (TPSA) is 108 Å². The molecular weight excluding hydrogens is 423 g/mol. The van der Waals surface area contributed by atoms with Gasteiger partial charge in [0.2, 0.25) is 21.8 Å². The molecule has 0 radical (unpaired) electrons. The van der Waals surface area contributed by atoms with Gasteiger partial charge in [0.25, 0.3) is 0 Å². The van der Waals surface area contributed by atoms with Gasteiger partial charge in [-0.1, -0.05) is 6.07 Å². The first-order chi connectivity index (χ1) is 14.9. The minimum absolute atomic E-state index is 0.000430. The van der Waals surface area contributed by atoms with Crippen LogP contribution in [0.5, 0.6) is 0 Å². The van der Waals surface area contributed by atoms with E-state index in [9.17, 15) is 22.4 Å². The van der Waals surface area contributed by atoms with E-state index in [1.54, 1.807) is 18.3 Å². The van der Waals surface area contributed by atoms with Gasteiger partial charge >= 0.3 is 0 Å². The molecule has 0 aliphatic carbocycles. The molecule has 1 aromatic heterocycles. The van der Waals surface area contributed by atoms with E-state index < -0.39 is 21.8 Å². The van der Waals surface area contributed by atoms with E-state index >= 15 is 0 Å². The third kappa shape index (κ3) is 6.31. The summed E-state index contributed by atoms with van der Waals surface area (Å²) in [7, 11) is -3.80. The Morgan fingerprint density at radius 3 is 2.61 bits per heavy atom. The number of halogens is 1. The third-order valence-corrected chi connectivity index (χ3v) is 6.93. The van der Waals surface area contributed by atoms with Gasteiger partial charge in [-0.3, -0.25) is 14.6 Å². The van der Waals surface area contributed by atoms with Crippen molar-refractivity contribution in [3.8, 4) is 0 Å². The van der Waals surface area contributed by atoms with E-state index in [4.69, 9.17) is 0 Å². The van der Waals surface area contributed by atoms with Gasteiger partial charge in [0.15, 0.2) is 0 Å². The fourth-order valence-electron chi connectivity index (χ4n) is 3.35. The standard InChI is InChI=1S/C21H25FN4O4S/c22-17-6-8-19(9-7-17)31(29,30)26-13-3-4-16(15-26)21(28)24-12-10-20(27)25-14-18-5-1-2-11-23-18/h1-2,5-9,11,16H,3-4,10,12-15H2,(H,24,28)(H,25,27)/t16-/m0/s1. The monoisotopic (exact) mass is 448 g/mol. The molecule has 2 N–H and O–H groups in total. The zero-order valence-corrected chi connectivity index (χ0v) is 17.8. The molecule has 31 heavy (non-hydrogen) atoms. The van der Waals surface area contributed by atoms with Gasteiger partial charge in [-0.25, -0.2) is 12.8 Å². The van der Waals surface area contributed by atoms with Gasteiger partial charge in [-0.05, 0) is 49.2 Å². The molecule has 3 rings (SSSR count). The van der Waals surface area contributed by atoms with E-state index in [1.807, 2.05) is 6.07 Å². The highest BCUT2D eigenvalue weighted by atomic mass is 32.2. The third-order valence-electron chi connectivity index (χ3n) is 5.05. The highest BCUT2D eigenvalue weighted by Crippen LogP contribution is 2.24. The lowest BCUT2D eigenvalue weighted by Gasteiger charge is -2.31. The van der Waals surface area contributed by atoms with Crippen molar-refractivity contribution in [3.05, 3.63) is 60.2 Å². The smallest absolute Gasteiger partial charge is 0.243 e. The van der Waals surface area contributed by atoms with E-state index in [2.05, 4.69) is 15.6 Å². The molecule has 0 saturated carbocycles. The van der Waals surface area contributed by atoms with Crippen molar-refractivity contribution in [2.45, 2.75) is 30.7 Å². The SMILES string of the molecule is O=C(CCNC(=O)[C@H]1CCCN(S(=O)(=O)c2ccc(F)cc2)C1)NCc1ccccn1. The number of hydrogen-bond acceptors (Lipinski definition) is 5. The fraction of sp³-hybridized carbons (Fsp3) is 0.381. The van der Waals surface area contributed by atoms with Gasteiger partial charge in [-0.2, -0.15) is 4.31 Å². The van der Waals surface area contributed by atoms with E-state index in [0.29, 0.717) is 25.9 Å². The number of nitrogens with one attached hydrogen (secondary N) is 2. The van der Waals surface area contributed by atoms with Crippen LogP contribution in [0.4, 0.5) is 4.39 Å². The molecule has 166 valence electrons. The average Bonchev–Trinajstić information content (AvgIpc) is 2.78. The summed E-state index contributed by atoms with van der Waals surface area (Å²) >= 11 is 0. The summed E-state index contributed by atoms with van der Waals surface area (Å²) in [5.41, 5.74) is 0.740. The summed E-state index contributed by atoms with van der Waals surface area (Å²) in [6.07, 6.45) is 2.87. The van der Waals surface area contributed by atoms with Gasteiger partial charge in [0.1, 0.15) is 5.82 Å². The predicted octanol–water partition coefficient (Wildman–Crippen LogP) is 1.44. The number of rotatable bonds is 8. The normalized spacial score (nSPS) is 17.1. The molecule has 2 amide bonds. The van der Waals surface area contributed by atoms with E-state index in [-0.39, 0.29) is 36.2 Å². The van der Waals surface area contributed by atoms with Crippen LogP contribution in [0.3, 0.4) is 0 Å². The number of aromatic nitrogens is 1. The minimum atomic E-state index is -3.80. The van der Waals surface area contributed by atoms with Crippen molar-refractivity contribution in [1.29, 1.82) is 0 Å². The molecule has 8 nitrogen and oxygen atoms in total. The Hall–Kier alpha value is -2.85. The molecule has 1 saturated heterocycles. The van der Waals surface area contributed by atoms with Crippen molar-refractivity contribution in [3.63, 3.8) is 0 Å². The van der Waals surface area contributed by atoms with Crippen LogP contribution in [0.2, 0.25) is 0 Å². The lowest BCUT2D eigenvalue weighted by atomic mass is 9.99. The van der Waals surface area contributed by atoms with Crippen molar-refractivity contribution >= 4 is 21.8 Å². The number of nitrogens with zero attached hydrogens (tertiary/aromatic N) is 2. The van der Waals surface area contributed by atoms with Crippen molar-refractivity contribution in [2.24, 2.45) is 5.92 Å². The van der Waals surface area contributed by atoms with Crippen LogP contribution in [-0.2, 0) is 26.2 Å². The number of sulfonamides is 1. The maximum Gasteiger partial charge on any atom is 0.243 e. The van der Waals surface area contributed by atoms with Crippen molar-refractivity contribution in [2.75, 3.05) is 19.6 Å². The van der Waals surface area contributed by atoms with Crippen molar-refractivity contribution in [1.82, 2.24) is 19.9 Å². The lowest BCUT2D eigenvalue weighted by Crippen LogP contribution is -2.45. The number of pyridine rings is 1. The molecule has 0 unspecified atom stereocenters. The van der Waals surface area contributed by atoms with Crippen LogP contribution >= 0.6 is 0 Å².